The maximum Gasteiger partial charge on any atom is 0.192 e. The standard InChI is InChI=1S/C17H26BrNO3Si/c1-11(20)13-8-12-14(15(18)19-13)21-9-17(12,5)10-22-23(6,7)16(2,3)4/h8H,9-10H2,1-7H3/t17-/m1/s1. The molecule has 1 aliphatic rings. The van der Waals surface area contributed by atoms with E-state index in [1.54, 1.807) is 0 Å². The number of rotatable bonds is 4. The summed E-state index contributed by atoms with van der Waals surface area (Å²) in [5.74, 6) is 0.685. The highest BCUT2D eigenvalue weighted by molar-refractivity contribution is 9.10. The molecule has 0 saturated carbocycles. The van der Waals surface area contributed by atoms with E-state index in [1.807, 2.05) is 6.07 Å². The number of fused-ring (bicyclic) bond motifs is 1. The molecule has 0 radical (unpaired) electrons. The normalized spacial score (nSPS) is 21.0. The second-order valence-corrected chi connectivity index (χ2v) is 13.7. The van der Waals surface area contributed by atoms with Crippen LogP contribution in [0.3, 0.4) is 0 Å². The van der Waals surface area contributed by atoms with Crippen molar-refractivity contribution in [3.05, 3.63) is 21.9 Å². The Bertz CT molecular complexity index is 639. The third-order valence-electron chi connectivity index (χ3n) is 5.04. The first-order valence-corrected chi connectivity index (χ1v) is 11.6. The van der Waals surface area contributed by atoms with E-state index in [-0.39, 0.29) is 16.2 Å². The van der Waals surface area contributed by atoms with E-state index in [0.29, 0.717) is 23.5 Å². The predicted molar refractivity (Wildman–Crippen MR) is 97.9 cm³/mol. The molecular weight excluding hydrogens is 374 g/mol. The maximum atomic E-state index is 11.7. The average molecular weight is 400 g/mol. The van der Waals surface area contributed by atoms with Crippen LogP contribution < -0.4 is 4.74 Å². The summed E-state index contributed by atoms with van der Waals surface area (Å²) in [6.07, 6.45) is 0. The van der Waals surface area contributed by atoms with Crippen molar-refractivity contribution in [3.63, 3.8) is 0 Å². The molecule has 23 heavy (non-hydrogen) atoms. The van der Waals surface area contributed by atoms with Crippen LogP contribution in [0, 0.1) is 0 Å². The monoisotopic (exact) mass is 399 g/mol. The van der Waals surface area contributed by atoms with Crippen molar-refractivity contribution in [2.24, 2.45) is 0 Å². The number of hydrogen-bond donors (Lipinski definition) is 0. The Labute approximate surface area is 148 Å². The Morgan fingerprint density at radius 2 is 2.09 bits per heavy atom. The van der Waals surface area contributed by atoms with Crippen molar-refractivity contribution >= 4 is 30.0 Å². The van der Waals surface area contributed by atoms with Crippen LogP contribution >= 0.6 is 15.9 Å². The molecule has 1 aliphatic heterocycles. The topological polar surface area (TPSA) is 48.4 Å². The zero-order valence-corrected chi connectivity index (χ0v) is 17.6. The smallest absolute Gasteiger partial charge is 0.192 e. The number of ether oxygens (including phenoxy) is 1. The lowest BCUT2D eigenvalue weighted by atomic mass is 9.85. The van der Waals surface area contributed by atoms with Crippen molar-refractivity contribution in [3.8, 4) is 5.75 Å². The first-order chi connectivity index (χ1) is 10.4. The number of carbonyl (C=O) groups is 1. The van der Waals surface area contributed by atoms with Gasteiger partial charge in [0.15, 0.2) is 19.9 Å². The third-order valence-corrected chi connectivity index (χ3v) is 10.1. The van der Waals surface area contributed by atoms with Gasteiger partial charge in [-0.15, -0.1) is 0 Å². The SMILES string of the molecule is CC(=O)c1cc2c(c(Br)n1)OC[C@]2(C)CO[Si](C)(C)C(C)(C)C. The lowest BCUT2D eigenvalue weighted by Gasteiger charge is -2.38. The molecule has 1 aromatic heterocycles. The van der Waals surface area contributed by atoms with Crippen molar-refractivity contribution in [1.82, 2.24) is 4.98 Å². The van der Waals surface area contributed by atoms with Crippen molar-refractivity contribution in [2.75, 3.05) is 13.2 Å². The summed E-state index contributed by atoms with van der Waals surface area (Å²) in [6.45, 7) is 16.0. The second-order valence-electron chi connectivity index (χ2n) is 8.13. The van der Waals surface area contributed by atoms with Crippen LogP contribution in [-0.2, 0) is 9.84 Å². The molecular formula is C17H26BrNO3Si. The van der Waals surface area contributed by atoms with Crippen molar-refractivity contribution < 1.29 is 14.0 Å². The zero-order valence-electron chi connectivity index (χ0n) is 15.0. The summed E-state index contributed by atoms with van der Waals surface area (Å²) in [5, 5.41) is 0.162. The molecule has 128 valence electrons. The average Bonchev–Trinajstić information content (AvgIpc) is 2.74. The summed E-state index contributed by atoms with van der Waals surface area (Å²) in [6, 6.07) is 1.85. The summed E-state index contributed by atoms with van der Waals surface area (Å²) >= 11 is 3.42. The quantitative estimate of drug-likeness (QED) is 0.417. The highest BCUT2D eigenvalue weighted by atomic mass is 79.9. The number of hydrogen-bond acceptors (Lipinski definition) is 4. The van der Waals surface area contributed by atoms with Crippen LogP contribution in [0.4, 0.5) is 0 Å². The molecule has 6 heteroatoms. The molecule has 1 atom stereocenters. The van der Waals surface area contributed by atoms with Crippen molar-refractivity contribution in [1.29, 1.82) is 0 Å². The number of halogens is 1. The van der Waals surface area contributed by atoms with E-state index in [0.717, 1.165) is 11.3 Å². The van der Waals surface area contributed by atoms with Gasteiger partial charge in [0.25, 0.3) is 0 Å². The fourth-order valence-electron chi connectivity index (χ4n) is 2.25. The number of Topliss-reactive ketones (excluding diaryl/α,β-unsaturated/α-hetero) is 1. The highest BCUT2D eigenvalue weighted by Crippen LogP contribution is 2.44. The number of nitrogens with zero attached hydrogens (tertiary/aromatic N) is 1. The number of carbonyl (C=O) groups excluding carboxylic acids is 1. The first kappa shape index (κ1) is 18.6. The van der Waals surface area contributed by atoms with E-state index in [2.05, 4.69) is 61.7 Å². The van der Waals surface area contributed by atoms with E-state index < -0.39 is 8.32 Å². The van der Waals surface area contributed by atoms with Gasteiger partial charge in [0, 0.05) is 19.1 Å². The Hall–Kier alpha value is -0.723. The highest BCUT2D eigenvalue weighted by Gasteiger charge is 2.43. The van der Waals surface area contributed by atoms with Gasteiger partial charge in [-0.05, 0) is 47.1 Å². The zero-order chi connectivity index (χ0) is 17.6. The molecule has 0 spiro atoms. The second kappa shape index (κ2) is 5.97. The summed E-state index contributed by atoms with van der Waals surface area (Å²) in [5.41, 5.74) is 1.20. The van der Waals surface area contributed by atoms with Gasteiger partial charge >= 0.3 is 0 Å². The minimum Gasteiger partial charge on any atom is -0.489 e. The lowest BCUT2D eigenvalue weighted by molar-refractivity contribution is 0.101. The van der Waals surface area contributed by atoms with Gasteiger partial charge in [-0.2, -0.15) is 0 Å². The Morgan fingerprint density at radius 3 is 2.61 bits per heavy atom. The molecule has 0 unspecified atom stereocenters. The van der Waals surface area contributed by atoms with Crippen LogP contribution in [0.1, 0.15) is 50.7 Å². The largest absolute Gasteiger partial charge is 0.489 e. The fourth-order valence-corrected chi connectivity index (χ4v) is 3.88. The molecule has 4 nitrogen and oxygen atoms in total. The fraction of sp³-hybridized carbons (Fsp3) is 0.647. The lowest BCUT2D eigenvalue weighted by Crippen LogP contribution is -2.45. The molecule has 1 aromatic rings. The van der Waals surface area contributed by atoms with E-state index in [4.69, 9.17) is 9.16 Å². The maximum absolute atomic E-state index is 11.7. The number of pyridine rings is 1. The van der Waals surface area contributed by atoms with Gasteiger partial charge in [0.2, 0.25) is 0 Å². The van der Waals surface area contributed by atoms with E-state index >= 15 is 0 Å². The van der Waals surface area contributed by atoms with Crippen LogP contribution in [0.2, 0.25) is 18.1 Å². The van der Waals surface area contributed by atoms with Gasteiger partial charge in [0.1, 0.15) is 16.9 Å². The number of aromatic nitrogens is 1. The van der Waals surface area contributed by atoms with Gasteiger partial charge in [-0.1, -0.05) is 20.8 Å². The third kappa shape index (κ3) is 3.54. The van der Waals surface area contributed by atoms with E-state index in [9.17, 15) is 4.79 Å². The van der Waals surface area contributed by atoms with Crippen LogP contribution in [-0.4, -0.2) is 32.3 Å². The minimum atomic E-state index is -1.84. The molecule has 2 heterocycles. The molecule has 0 amide bonds. The molecule has 2 rings (SSSR count). The molecule has 0 saturated heterocycles. The molecule has 0 bridgehead atoms. The molecule has 0 fully saturated rings. The summed E-state index contributed by atoms with van der Waals surface area (Å²) in [4.78, 5) is 16.0. The van der Waals surface area contributed by atoms with Crippen LogP contribution in [0.15, 0.2) is 10.7 Å². The van der Waals surface area contributed by atoms with Crippen LogP contribution in [0.25, 0.3) is 0 Å². The number of ketones is 1. The molecule has 0 N–H and O–H groups in total. The molecule has 0 aromatic carbocycles. The Balaban J connectivity index is 2.32. The van der Waals surface area contributed by atoms with Crippen LogP contribution in [0.5, 0.6) is 5.75 Å². The van der Waals surface area contributed by atoms with E-state index in [1.165, 1.54) is 6.92 Å². The minimum absolute atomic E-state index is 0.0481. The van der Waals surface area contributed by atoms with Gasteiger partial charge in [0.05, 0.1) is 5.41 Å². The van der Waals surface area contributed by atoms with Gasteiger partial charge < -0.3 is 9.16 Å². The first-order valence-electron chi connectivity index (χ1n) is 7.86. The van der Waals surface area contributed by atoms with Gasteiger partial charge in [-0.25, -0.2) is 4.98 Å². The van der Waals surface area contributed by atoms with Gasteiger partial charge in [-0.3, -0.25) is 4.79 Å². The van der Waals surface area contributed by atoms with Crippen molar-refractivity contribution in [2.45, 2.75) is 58.2 Å². The summed E-state index contributed by atoms with van der Waals surface area (Å²) < 4.78 is 12.9. The predicted octanol–water partition coefficient (Wildman–Crippen LogP) is 4.72. The Kier molecular flexibility index (Phi) is 4.83. The molecule has 0 aliphatic carbocycles. The summed E-state index contributed by atoms with van der Waals surface area (Å²) in [7, 11) is -1.84. The Morgan fingerprint density at radius 1 is 1.48 bits per heavy atom.